The zero-order valence-electron chi connectivity index (χ0n) is 13.4. The first-order valence-electron chi connectivity index (χ1n) is 7.56. The minimum absolute atomic E-state index is 0.109. The molecule has 1 heterocycles. The maximum atomic E-state index is 12.5. The zero-order chi connectivity index (χ0) is 16.1. The molecule has 0 radical (unpaired) electrons. The van der Waals surface area contributed by atoms with Gasteiger partial charge >= 0.3 is 6.03 Å². The van der Waals surface area contributed by atoms with Gasteiger partial charge in [0, 0.05) is 34.2 Å². The third-order valence-corrected chi connectivity index (χ3v) is 4.57. The fourth-order valence-corrected chi connectivity index (χ4v) is 3.17. The number of carbonyl (C=O) groups is 1. The number of benzene rings is 1. The van der Waals surface area contributed by atoms with Crippen LogP contribution in [-0.2, 0) is 15.5 Å². The second kappa shape index (κ2) is 7.74. The van der Waals surface area contributed by atoms with Gasteiger partial charge in [-0.15, -0.1) is 0 Å². The molecule has 0 unspecified atom stereocenters. The van der Waals surface area contributed by atoms with E-state index in [9.17, 15) is 9.00 Å². The lowest BCUT2D eigenvalue weighted by Gasteiger charge is -2.36. The Bertz CT molecular complexity index is 548. The lowest BCUT2D eigenvalue weighted by Crippen LogP contribution is -2.50. The average molecular weight is 324 g/mol. The summed E-state index contributed by atoms with van der Waals surface area (Å²) in [6.45, 7) is 6.05. The second-order valence-corrected chi connectivity index (χ2v) is 7.34. The van der Waals surface area contributed by atoms with E-state index in [-0.39, 0.29) is 12.1 Å². The fraction of sp³-hybridized carbons (Fsp3) is 0.562. The predicted molar refractivity (Wildman–Crippen MR) is 88.6 cm³/mol. The molecule has 2 atom stereocenters. The van der Waals surface area contributed by atoms with Gasteiger partial charge in [-0.05, 0) is 30.5 Å². The van der Waals surface area contributed by atoms with Crippen LogP contribution >= 0.6 is 0 Å². The Morgan fingerprint density at radius 2 is 2.27 bits per heavy atom. The van der Waals surface area contributed by atoms with E-state index >= 15 is 0 Å². The lowest BCUT2D eigenvalue weighted by atomic mass is 10.0. The Morgan fingerprint density at radius 3 is 2.95 bits per heavy atom. The van der Waals surface area contributed by atoms with E-state index in [1.165, 1.54) is 0 Å². The standard InChI is InChI=1S/C16H24N2O3S/c1-12(2)9-14-11-21-8-7-18(14)16(19)17-13-5-4-6-15(10-13)22(3)20/h4-6,10,12,14H,7-9,11H2,1-3H3,(H,17,19)/t14-,22-/m0/s1. The summed E-state index contributed by atoms with van der Waals surface area (Å²) >= 11 is 0. The van der Waals surface area contributed by atoms with Crippen LogP contribution in [0.1, 0.15) is 20.3 Å². The molecule has 1 saturated heterocycles. The number of nitrogens with zero attached hydrogens (tertiary/aromatic N) is 1. The van der Waals surface area contributed by atoms with E-state index in [1.54, 1.807) is 24.5 Å². The monoisotopic (exact) mass is 324 g/mol. The summed E-state index contributed by atoms with van der Waals surface area (Å²) in [7, 11) is -1.06. The van der Waals surface area contributed by atoms with E-state index in [4.69, 9.17) is 4.74 Å². The van der Waals surface area contributed by atoms with Gasteiger partial charge < -0.3 is 15.0 Å². The predicted octanol–water partition coefficient (Wildman–Crippen LogP) is 2.70. The van der Waals surface area contributed by atoms with Gasteiger partial charge in [0.25, 0.3) is 0 Å². The minimum atomic E-state index is -1.06. The van der Waals surface area contributed by atoms with Crippen molar-refractivity contribution in [2.24, 2.45) is 5.92 Å². The molecule has 0 spiro atoms. The van der Waals surface area contributed by atoms with Crippen LogP contribution < -0.4 is 5.32 Å². The van der Waals surface area contributed by atoms with Crippen molar-refractivity contribution < 1.29 is 13.7 Å². The first-order chi connectivity index (χ1) is 10.5. The SMILES string of the molecule is CC(C)C[C@H]1COCCN1C(=O)Nc1cccc([S@](C)=O)c1. The van der Waals surface area contributed by atoms with Gasteiger partial charge in [0.1, 0.15) is 0 Å². The van der Waals surface area contributed by atoms with Crippen LogP contribution in [0.15, 0.2) is 29.2 Å². The van der Waals surface area contributed by atoms with Crippen LogP contribution in [0.2, 0.25) is 0 Å². The Balaban J connectivity index is 2.06. The summed E-state index contributed by atoms with van der Waals surface area (Å²) in [5, 5.41) is 2.91. The van der Waals surface area contributed by atoms with Gasteiger partial charge in [-0.1, -0.05) is 19.9 Å². The summed E-state index contributed by atoms with van der Waals surface area (Å²) in [4.78, 5) is 15.1. The Kier molecular flexibility index (Phi) is 5.97. The number of hydrogen-bond acceptors (Lipinski definition) is 3. The van der Waals surface area contributed by atoms with Crippen LogP contribution in [0, 0.1) is 5.92 Å². The highest BCUT2D eigenvalue weighted by Crippen LogP contribution is 2.18. The molecule has 0 aromatic heterocycles. The van der Waals surface area contributed by atoms with Gasteiger partial charge in [-0.2, -0.15) is 0 Å². The molecule has 1 aromatic rings. The topological polar surface area (TPSA) is 58.6 Å². The summed E-state index contributed by atoms with van der Waals surface area (Å²) < 4.78 is 17.0. The van der Waals surface area contributed by atoms with E-state index in [1.807, 2.05) is 11.0 Å². The van der Waals surface area contributed by atoms with Crippen molar-refractivity contribution >= 4 is 22.5 Å². The number of amides is 2. The largest absolute Gasteiger partial charge is 0.377 e. The molecule has 1 aliphatic rings. The number of nitrogens with one attached hydrogen (secondary N) is 1. The van der Waals surface area contributed by atoms with Crippen LogP contribution in [0.4, 0.5) is 10.5 Å². The normalized spacial score (nSPS) is 20.0. The third-order valence-electron chi connectivity index (χ3n) is 3.65. The van der Waals surface area contributed by atoms with Crippen molar-refractivity contribution in [3.63, 3.8) is 0 Å². The molecule has 1 aromatic carbocycles. The van der Waals surface area contributed by atoms with E-state index < -0.39 is 10.8 Å². The molecule has 0 bridgehead atoms. The van der Waals surface area contributed by atoms with Gasteiger partial charge in [0.05, 0.1) is 19.3 Å². The fourth-order valence-electron chi connectivity index (χ4n) is 2.61. The molecule has 1 fully saturated rings. The highest BCUT2D eigenvalue weighted by molar-refractivity contribution is 7.84. The van der Waals surface area contributed by atoms with E-state index in [2.05, 4.69) is 19.2 Å². The molecule has 2 amide bonds. The number of morpholine rings is 1. The molecule has 122 valence electrons. The van der Waals surface area contributed by atoms with Crippen LogP contribution in [0.3, 0.4) is 0 Å². The van der Waals surface area contributed by atoms with Crippen LogP contribution in [0.5, 0.6) is 0 Å². The molecule has 0 aliphatic carbocycles. The maximum absolute atomic E-state index is 12.5. The van der Waals surface area contributed by atoms with Gasteiger partial charge in [0.15, 0.2) is 0 Å². The molecule has 5 nitrogen and oxygen atoms in total. The first-order valence-corrected chi connectivity index (χ1v) is 9.12. The Morgan fingerprint density at radius 1 is 1.50 bits per heavy atom. The smallest absolute Gasteiger partial charge is 0.322 e. The molecular weight excluding hydrogens is 300 g/mol. The van der Waals surface area contributed by atoms with E-state index in [0.717, 1.165) is 6.42 Å². The van der Waals surface area contributed by atoms with Gasteiger partial charge in [-0.3, -0.25) is 4.21 Å². The van der Waals surface area contributed by atoms with Crippen molar-refractivity contribution in [2.75, 3.05) is 31.3 Å². The zero-order valence-corrected chi connectivity index (χ0v) is 14.2. The average Bonchev–Trinajstić information content (AvgIpc) is 2.47. The Hall–Kier alpha value is -1.40. The number of rotatable bonds is 4. The van der Waals surface area contributed by atoms with Crippen molar-refractivity contribution in [1.82, 2.24) is 4.90 Å². The lowest BCUT2D eigenvalue weighted by molar-refractivity contribution is 0.00857. The first kappa shape index (κ1) is 17.0. The van der Waals surface area contributed by atoms with Crippen molar-refractivity contribution in [3.8, 4) is 0 Å². The number of urea groups is 1. The third kappa shape index (κ3) is 4.55. The molecule has 1 aliphatic heterocycles. The summed E-state index contributed by atoms with van der Waals surface area (Å²) in [6.07, 6.45) is 2.55. The number of ether oxygens (including phenoxy) is 1. The summed E-state index contributed by atoms with van der Waals surface area (Å²) in [6, 6.07) is 7.16. The van der Waals surface area contributed by atoms with Gasteiger partial charge in [-0.25, -0.2) is 4.79 Å². The summed E-state index contributed by atoms with van der Waals surface area (Å²) in [5.74, 6) is 0.507. The van der Waals surface area contributed by atoms with Crippen molar-refractivity contribution in [1.29, 1.82) is 0 Å². The molecule has 0 saturated carbocycles. The second-order valence-electron chi connectivity index (χ2n) is 5.96. The van der Waals surface area contributed by atoms with Crippen LogP contribution in [0.25, 0.3) is 0 Å². The number of hydrogen-bond donors (Lipinski definition) is 1. The van der Waals surface area contributed by atoms with E-state index in [0.29, 0.717) is 36.3 Å². The molecular formula is C16H24N2O3S. The quantitative estimate of drug-likeness (QED) is 0.926. The Labute approximate surface area is 134 Å². The summed E-state index contributed by atoms with van der Waals surface area (Å²) in [5.41, 5.74) is 0.674. The molecule has 1 N–H and O–H groups in total. The van der Waals surface area contributed by atoms with Crippen molar-refractivity contribution in [3.05, 3.63) is 24.3 Å². The maximum Gasteiger partial charge on any atom is 0.322 e. The highest BCUT2D eigenvalue weighted by Gasteiger charge is 2.27. The molecule has 6 heteroatoms. The highest BCUT2D eigenvalue weighted by atomic mass is 32.2. The minimum Gasteiger partial charge on any atom is -0.377 e. The number of anilines is 1. The molecule has 2 rings (SSSR count). The molecule has 22 heavy (non-hydrogen) atoms. The van der Waals surface area contributed by atoms with Crippen LogP contribution in [-0.4, -0.2) is 47.2 Å². The van der Waals surface area contributed by atoms with Crippen molar-refractivity contribution in [2.45, 2.75) is 31.2 Å². The number of carbonyl (C=O) groups excluding carboxylic acids is 1. The van der Waals surface area contributed by atoms with Gasteiger partial charge in [0.2, 0.25) is 0 Å².